The number of fused-ring (bicyclic) bond motifs is 1. The molecule has 1 aliphatic carbocycles. The van der Waals surface area contributed by atoms with Gasteiger partial charge < -0.3 is 10.6 Å². The van der Waals surface area contributed by atoms with Crippen molar-refractivity contribution in [1.29, 1.82) is 0 Å². The number of rotatable bonds is 5. The van der Waals surface area contributed by atoms with Crippen molar-refractivity contribution in [2.75, 3.05) is 0 Å². The van der Waals surface area contributed by atoms with Gasteiger partial charge in [0.15, 0.2) is 11.5 Å². The van der Waals surface area contributed by atoms with Crippen molar-refractivity contribution in [3.63, 3.8) is 0 Å². The second-order valence-electron chi connectivity index (χ2n) is 6.00. The average Bonchev–Trinajstić information content (AvgIpc) is 3.21. The quantitative estimate of drug-likeness (QED) is 0.746. The van der Waals surface area contributed by atoms with E-state index >= 15 is 0 Å². The molecule has 1 unspecified atom stereocenters. The van der Waals surface area contributed by atoms with E-state index in [-0.39, 0.29) is 12.1 Å². The molecule has 0 saturated heterocycles. The number of aryl methyl sites for hydroxylation is 1. The number of amides is 2. The fraction of sp³-hybridized carbons (Fsp3) is 0.375. The third-order valence-corrected chi connectivity index (χ3v) is 5.07. The Labute approximate surface area is 143 Å². The molecule has 3 aromatic heterocycles. The molecule has 8 heteroatoms. The Morgan fingerprint density at radius 3 is 3.04 bits per heavy atom. The molecule has 7 nitrogen and oxygen atoms in total. The summed E-state index contributed by atoms with van der Waals surface area (Å²) in [5.74, 6) is 1.20. The first-order valence-corrected chi connectivity index (χ1v) is 8.77. The molecule has 3 heterocycles. The predicted molar refractivity (Wildman–Crippen MR) is 90.7 cm³/mol. The number of urea groups is 1. The number of aromatic nitrogens is 4. The number of pyridine rings is 1. The van der Waals surface area contributed by atoms with E-state index in [4.69, 9.17) is 0 Å². The molecule has 1 aliphatic rings. The van der Waals surface area contributed by atoms with Gasteiger partial charge in [0.2, 0.25) is 0 Å². The first-order chi connectivity index (χ1) is 11.7. The van der Waals surface area contributed by atoms with Crippen LogP contribution in [-0.4, -0.2) is 25.6 Å². The highest BCUT2D eigenvalue weighted by Gasteiger charge is 2.35. The smallest absolute Gasteiger partial charge is 0.315 e. The first-order valence-electron chi connectivity index (χ1n) is 7.96. The summed E-state index contributed by atoms with van der Waals surface area (Å²) in [4.78, 5) is 17.9. The minimum Gasteiger partial charge on any atom is -0.331 e. The van der Waals surface area contributed by atoms with Crippen molar-refractivity contribution in [3.05, 3.63) is 46.3 Å². The van der Waals surface area contributed by atoms with E-state index in [9.17, 15) is 4.79 Å². The molecule has 2 N–H and O–H groups in total. The summed E-state index contributed by atoms with van der Waals surface area (Å²) >= 11 is 1.64. The fourth-order valence-corrected chi connectivity index (χ4v) is 3.61. The Bertz CT molecular complexity index is 868. The lowest BCUT2D eigenvalue weighted by molar-refractivity contribution is 0.234. The molecule has 3 aromatic rings. The van der Waals surface area contributed by atoms with Crippen LogP contribution in [0.3, 0.4) is 0 Å². The third kappa shape index (κ3) is 3.09. The van der Waals surface area contributed by atoms with E-state index in [1.807, 2.05) is 41.9 Å². The molecule has 4 rings (SSSR count). The molecule has 0 bridgehead atoms. The molecule has 1 saturated carbocycles. The van der Waals surface area contributed by atoms with Crippen LogP contribution in [-0.2, 0) is 6.54 Å². The molecule has 0 spiro atoms. The second-order valence-corrected chi connectivity index (χ2v) is 7.26. The lowest BCUT2D eigenvalue weighted by atomic mass is 10.2. The summed E-state index contributed by atoms with van der Waals surface area (Å²) in [6.07, 6.45) is 6.02. The standard InChI is InChI=1S/C16H18N6OS/c1-10-8-17-15(24-10)14(11-5-6-11)19-16(23)18-9-13-21-20-12-4-2-3-7-22(12)13/h2-4,7-8,11,14H,5-6,9H2,1H3,(H2,18,19,23). The van der Waals surface area contributed by atoms with Crippen LogP contribution in [0.15, 0.2) is 30.6 Å². The number of carbonyl (C=O) groups excluding carboxylic acids is 1. The largest absolute Gasteiger partial charge is 0.331 e. The van der Waals surface area contributed by atoms with Gasteiger partial charge in [0.25, 0.3) is 0 Å². The van der Waals surface area contributed by atoms with E-state index in [0.717, 1.165) is 28.4 Å². The molecule has 24 heavy (non-hydrogen) atoms. The number of hydrogen-bond acceptors (Lipinski definition) is 5. The summed E-state index contributed by atoms with van der Waals surface area (Å²) in [5.41, 5.74) is 0.767. The molecule has 0 aromatic carbocycles. The second kappa shape index (κ2) is 6.20. The van der Waals surface area contributed by atoms with E-state index < -0.39 is 0 Å². The SMILES string of the molecule is Cc1cnc(C(NC(=O)NCc2nnc3ccccn23)C2CC2)s1. The van der Waals surface area contributed by atoms with Crippen LogP contribution < -0.4 is 10.6 Å². The van der Waals surface area contributed by atoms with Crippen LogP contribution in [0.2, 0.25) is 0 Å². The maximum absolute atomic E-state index is 12.3. The van der Waals surface area contributed by atoms with Gasteiger partial charge in [-0.1, -0.05) is 6.07 Å². The van der Waals surface area contributed by atoms with Crippen molar-refractivity contribution in [3.8, 4) is 0 Å². The zero-order valence-electron chi connectivity index (χ0n) is 13.3. The van der Waals surface area contributed by atoms with Gasteiger partial charge >= 0.3 is 6.03 Å². The van der Waals surface area contributed by atoms with Gasteiger partial charge in [0.1, 0.15) is 5.01 Å². The summed E-state index contributed by atoms with van der Waals surface area (Å²) in [5, 5.41) is 15.1. The van der Waals surface area contributed by atoms with Gasteiger partial charge in [0, 0.05) is 17.3 Å². The fourth-order valence-electron chi connectivity index (χ4n) is 2.69. The Kier molecular flexibility index (Phi) is 3.89. The number of nitrogens with one attached hydrogen (secondary N) is 2. The minimum absolute atomic E-state index is 0.00107. The van der Waals surface area contributed by atoms with Gasteiger partial charge in [-0.05, 0) is 37.8 Å². The molecule has 0 aliphatic heterocycles. The van der Waals surface area contributed by atoms with Gasteiger partial charge in [-0.15, -0.1) is 21.5 Å². The van der Waals surface area contributed by atoms with Crippen molar-refractivity contribution in [2.24, 2.45) is 5.92 Å². The molecule has 0 radical (unpaired) electrons. The summed E-state index contributed by atoms with van der Waals surface area (Å²) in [7, 11) is 0. The molecule has 1 fully saturated rings. The Morgan fingerprint density at radius 1 is 1.42 bits per heavy atom. The first kappa shape index (κ1) is 15.1. The number of hydrogen-bond donors (Lipinski definition) is 2. The third-order valence-electron chi connectivity index (χ3n) is 4.08. The minimum atomic E-state index is -0.201. The van der Waals surface area contributed by atoms with Gasteiger partial charge in [0.05, 0.1) is 12.6 Å². The highest BCUT2D eigenvalue weighted by molar-refractivity contribution is 7.11. The molecular weight excluding hydrogens is 324 g/mol. The lowest BCUT2D eigenvalue weighted by Crippen LogP contribution is -2.38. The van der Waals surface area contributed by atoms with Gasteiger partial charge in [-0.2, -0.15) is 0 Å². The van der Waals surface area contributed by atoms with E-state index in [1.165, 1.54) is 0 Å². The number of carbonyl (C=O) groups is 1. The van der Waals surface area contributed by atoms with Crippen LogP contribution in [0.4, 0.5) is 4.79 Å². The topological polar surface area (TPSA) is 84.2 Å². The Morgan fingerprint density at radius 2 is 2.29 bits per heavy atom. The van der Waals surface area contributed by atoms with Crippen molar-refractivity contribution < 1.29 is 4.79 Å². The Hall–Kier alpha value is -2.48. The van der Waals surface area contributed by atoms with Gasteiger partial charge in [-0.25, -0.2) is 9.78 Å². The number of nitrogens with zero attached hydrogens (tertiary/aromatic N) is 4. The summed E-state index contributed by atoms with van der Waals surface area (Å²) in [6, 6.07) is 5.49. The van der Waals surface area contributed by atoms with E-state index in [1.54, 1.807) is 11.3 Å². The summed E-state index contributed by atoms with van der Waals surface area (Å²) in [6.45, 7) is 2.35. The number of thiazole rings is 1. The molecule has 1 atom stereocenters. The molecular formula is C16H18N6OS. The van der Waals surface area contributed by atoms with Crippen LogP contribution in [0.5, 0.6) is 0 Å². The predicted octanol–water partition coefficient (Wildman–Crippen LogP) is 2.44. The zero-order valence-corrected chi connectivity index (χ0v) is 14.1. The van der Waals surface area contributed by atoms with Crippen molar-refractivity contribution >= 4 is 23.0 Å². The zero-order chi connectivity index (χ0) is 16.5. The van der Waals surface area contributed by atoms with Crippen LogP contribution >= 0.6 is 11.3 Å². The Balaban J connectivity index is 1.40. The molecule has 2 amide bonds. The van der Waals surface area contributed by atoms with Crippen molar-refractivity contribution in [2.45, 2.75) is 32.4 Å². The maximum atomic E-state index is 12.3. The van der Waals surface area contributed by atoms with E-state index in [0.29, 0.717) is 18.3 Å². The highest BCUT2D eigenvalue weighted by Crippen LogP contribution is 2.41. The summed E-state index contributed by atoms with van der Waals surface area (Å²) < 4.78 is 1.86. The molecule has 124 valence electrons. The highest BCUT2D eigenvalue weighted by atomic mass is 32.1. The normalized spacial score (nSPS) is 15.4. The van der Waals surface area contributed by atoms with Crippen molar-refractivity contribution in [1.82, 2.24) is 30.2 Å². The van der Waals surface area contributed by atoms with Crippen LogP contribution in [0.25, 0.3) is 5.65 Å². The average molecular weight is 342 g/mol. The van der Waals surface area contributed by atoms with E-state index in [2.05, 4.69) is 25.8 Å². The van der Waals surface area contributed by atoms with Crippen LogP contribution in [0.1, 0.15) is 34.6 Å². The monoisotopic (exact) mass is 342 g/mol. The lowest BCUT2D eigenvalue weighted by Gasteiger charge is -2.16. The maximum Gasteiger partial charge on any atom is 0.315 e. The van der Waals surface area contributed by atoms with Crippen LogP contribution in [0, 0.1) is 12.8 Å². The van der Waals surface area contributed by atoms with Gasteiger partial charge in [-0.3, -0.25) is 4.40 Å².